The van der Waals surface area contributed by atoms with Crippen LogP contribution in [0.5, 0.6) is 11.5 Å². The first-order valence-corrected chi connectivity index (χ1v) is 6.02. The van der Waals surface area contributed by atoms with Crippen LogP contribution in [-0.2, 0) is 16.1 Å². The third-order valence-electron chi connectivity index (χ3n) is 2.40. The zero-order chi connectivity index (χ0) is 13.7. The standard InChI is InChI=1S/C12H15BrO5.Li/c1-7(12(14)15)18-6-8-9(13)4-5-10(16-2)11(8)17-3;/h4-5,7H,6H2,1-3H3,(H,14,15);/q;+1/p-1. The van der Waals surface area contributed by atoms with E-state index in [4.69, 9.17) is 14.2 Å². The average molecular weight is 325 g/mol. The third-order valence-corrected chi connectivity index (χ3v) is 3.14. The molecule has 1 rings (SSSR count). The van der Waals surface area contributed by atoms with Gasteiger partial charge in [-0.3, -0.25) is 0 Å². The maximum Gasteiger partial charge on any atom is 1.00 e. The summed E-state index contributed by atoms with van der Waals surface area (Å²) in [6.45, 7) is 1.49. The largest absolute Gasteiger partial charge is 1.00 e. The zero-order valence-electron chi connectivity index (χ0n) is 11.4. The molecule has 1 atom stereocenters. The van der Waals surface area contributed by atoms with Gasteiger partial charge in [0.25, 0.3) is 0 Å². The fraction of sp³-hybridized carbons (Fsp3) is 0.417. The number of aliphatic carboxylic acids is 1. The minimum absolute atomic E-state index is 0. The van der Waals surface area contributed by atoms with Crippen LogP contribution in [0.1, 0.15) is 12.5 Å². The molecule has 100 valence electrons. The molecular weight excluding hydrogens is 311 g/mol. The van der Waals surface area contributed by atoms with Gasteiger partial charge in [-0.1, -0.05) is 15.9 Å². The summed E-state index contributed by atoms with van der Waals surface area (Å²) in [7, 11) is 3.04. The number of ether oxygens (including phenoxy) is 3. The van der Waals surface area contributed by atoms with Crippen molar-refractivity contribution in [2.24, 2.45) is 0 Å². The molecule has 7 heteroatoms. The van der Waals surface area contributed by atoms with Gasteiger partial charge in [0.2, 0.25) is 0 Å². The van der Waals surface area contributed by atoms with Crippen LogP contribution in [0.25, 0.3) is 0 Å². The molecule has 19 heavy (non-hydrogen) atoms. The Hall–Kier alpha value is -0.673. The molecule has 0 fully saturated rings. The maximum atomic E-state index is 10.6. The van der Waals surface area contributed by atoms with E-state index in [-0.39, 0.29) is 25.5 Å². The molecule has 0 aliphatic carbocycles. The summed E-state index contributed by atoms with van der Waals surface area (Å²) >= 11 is 3.36. The van der Waals surface area contributed by atoms with Crippen LogP contribution in [0.15, 0.2) is 16.6 Å². The molecule has 0 heterocycles. The van der Waals surface area contributed by atoms with Crippen molar-refractivity contribution in [2.45, 2.75) is 19.6 Å². The Labute approximate surface area is 132 Å². The zero-order valence-corrected chi connectivity index (χ0v) is 12.9. The van der Waals surface area contributed by atoms with Gasteiger partial charge in [0.15, 0.2) is 11.5 Å². The normalized spacial score (nSPS) is 11.4. The van der Waals surface area contributed by atoms with Crippen molar-refractivity contribution in [1.29, 1.82) is 0 Å². The number of benzene rings is 1. The molecule has 0 N–H and O–H groups in total. The van der Waals surface area contributed by atoms with Gasteiger partial charge in [0, 0.05) is 10.0 Å². The first-order valence-electron chi connectivity index (χ1n) is 5.23. The van der Waals surface area contributed by atoms with Crippen molar-refractivity contribution < 1.29 is 43.0 Å². The van der Waals surface area contributed by atoms with E-state index in [9.17, 15) is 9.90 Å². The average Bonchev–Trinajstić information content (AvgIpc) is 2.36. The molecule has 1 aromatic carbocycles. The van der Waals surface area contributed by atoms with Gasteiger partial charge >= 0.3 is 18.9 Å². The van der Waals surface area contributed by atoms with Gasteiger partial charge < -0.3 is 24.1 Å². The van der Waals surface area contributed by atoms with E-state index in [0.29, 0.717) is 17.1 Å². The van der Waals surface area contributed by atoms with Crippen molar-refractivity contribution in [2.75, 3.05) is 14.2 Å². The van der Waals surface area contributed by atoms with Crippen molar-refractivity contribution in [3.05, 3.63) is 22.2 Å². The molecule has 0 aromatic heterocycles. The van der Waals surface area contributed by atoms with Crippen LogP contribution in [0.4, 0.5) is 0 Å². The number of hydrogen-bond donors (Lipinski definition) is 0. The van der Waals surface area contributed by atoms with Crippen LogP contribution in [-0.4, -0.2) is 26.3 Å². The molecule has 0 amide bonds. The monoisotopic (exact) mass is 324 g/mol. The van der Waals surface area contributed by atoms with E-state index in [1.807, 2.05) is 0 Å². The van der Waals surface area contributed by atoms with E-state index in [1.165, 1.54) is 21.1 Å². The number of halogens is 1. The van der Waals surface area contributed by atoms with Gasteiger partial charge in [0.05, 0.1) is 32.9 Å². The van der Waals surface area contributed by atoms with Crippen molar-refractivity contribution in [3.63, 3.8) is 0 Å². The molecule has 0 saturated heterocycles. The van der Waals surface area contributed by atoms with Crippen molar-refractivity contribution in [1.82, 2.24) is 0 Å². The Morgan fingerprint density at radius 3 is 2.47 bits per heavy atom. The van der Waals surface area contributed by atoms with Crippen LogP contribution in [0.2, 0.25) is 0 Å². The molecule has 0 saturated carbocycles. The first kappa shape index (κ1) is 18.3. The number of carboxylic acids is 1. The molecule has 0 bridgehead atoms. The smallest absolute Gasteiger partial charge is 0.547 e. The quantitative estimate of drug-likeness (QED) is 0.573. The Kier molecular flexibility index (Phi) is 8.19. The van der Waals surface area contributed by atoms with E-state index in [1.54, 1.807) is 12.1 Å². The number of carbonyl (C=O) groups excluding carboxylic acids is 1. The number of carbonyl (C=O) groups is 1. The van der Waals surface area contributed by atoms with Crippen molar-refractivity contribution >= 4 is 21.9 Å². The Morgan fingerprint density at radius 2 is 2.00 bits per heavy atom. The summed E-state index contributed by atoms with van der Waals surface area (Å²) in [5, 5.41) is 10.6. The van der Waals surface area contributed by atoms with Gasteiger partial charge in [-0.25, -0.2) is 0 Å². The van der Waals surface area contributed by atoms with Gasteiger partial charge in [0.1, 0.15) is 0 Å². The van der Waals surface area contributed by atoms with Crippen LogP contribution in [0, 0.1) is 0 Å². The van der Waals surface area contributed by atoms with E-state index < -0.39 is 12.1 Å². The number of carboxylic acid groups (broad SMARTS) is 1. The summed E-state index contributed by atoms with van der Waals surface area (Å²) in [5.41, 5.74) is 0.685. The molecule has 1 unspecified atom stereocenters. The Bertz CT molecular complexity index is 438. The summed E-state index contributed by atoms with van der Waals surface area (Å²) < 4.78 is 16.3. The topological polar surface area (TPSA) is 67.8 Å². The number of hydrogen-bond acceptors (Lipinski definition) is 5. The minimum Gasteiger partial charge on any atom is -0.547 e. The predicted octanol–water partition coefficient (Wildman–Crippen LogP) is -1.87. The first-order chi connectivity index (χ1) is 8.51. The molecule has 5 nitrogen and oxygen atoms in total. The van der Waals surface area contributed by atoms with Gasteiger partial charge in [-0.05, 0) is 19.1 Å². The number of rotatable bonds is 6. The fourth-order valence-corrected chi connectivity index (χ4v) is 1.80. The van der Waals surface area contributed by atoms with Crippen LogP contribution in [0.3, 0.4) is 0 Å². The SMILES string of the molecule is COc1ccc(Br)c(COC(C)C(=O)[O-])c1OC.[Li+]. The van der Waals surface area contributed by atoms with Crippen molar-refractivity contribution in [3.8, 4) is 11.5 Å². The summed E-state index contributed by atoms with van der Waals surface area (Å²) in [5.74, 6) is -0.189. The molecular formula is C12H14BrLiO5. The van der Waals surface area contributed by atoms with E-state index in [2.05, 4.69) is 15.9 Å². The molecule has 0 radical (unpaired) electrons. The Morgan fingerprint density at radius 1 is 1.37 bits per heavy atom. The second-order valence-corrected chi connectivity index (χ2v) is 4.39. The van der Waals surface area contributed by atoms with Gasteiger partial charge in [-0.15, -0.1) is 0 Å². The Balaban J connectivity index is 0.00000324. The second-order valence-electron chi connectivity index (χ2n) is 3.53. The third kappa shape index (κ3) is 4.73. The fourth-order valence-electron chi connectivity index (χ4n) is 1.38. The second kappa shape index (κ2) is 8.49. The molecule has 1 aromatic rings. The molecule has 0 aliphatic heterocycles. The van der Waals surface area contributed by atoms with E-state index in [0.717, 1.165) is 4.47 Å². The van der Waals surface area contributed by atoms with Crippen LogP contribution >= 0.6 is 15.9 Å². The molecule has 0 spiro atoms. The summed E-state index contributed by atoms with van der Waals surface area (Å²) in [6.07, 6.45) is -0.993. The number of methoxy groups -OCH3 is 2. The minimum atomic E-state index is -1.26. The molecule has 0 aliphatic rings. The summed E-state index contributed by atoms with van der Waals surface area (Å²) in [6, 6.07) is 3.53. The van der Waals surface area contributed by atoms with E-state index >= 15 is 0 Å². The van der Waals surface area contributed by atoms with Crippen LogP contribution < -0.4 is 33.4 Å². The van der Waals surface area contributed by atoms with Gasteiger partial charge in [-0.2, -0.15) is 0 Å². The maximum absolute atomic E-state index is 10.6. The summed E-state index contributed by atoms with van der Waals surface area (Å²) in [4.78, 5) is 10.6. The predicted molar refractivity (Wildman–Crippen MR) is 66.5 cm³/mol.